The van der Waals surface area contributed by atoms with Crippen LogP contribution in [-0.2, 0) is 4.79 Å². The van der Waals surface area contributed by atoms with Crippen molar-refractivity contribution in [3.05, 3.63) is 24.5 Å². The van der Waals surface area contributed by atoms with Gasteiger partial charge in [0.05, 0.1) is 18.4 Å². The zero-order valence-electron chi connectivity index (χ0n) is 15.4. The third kappa shape index (κ3) is 6.10. The molecule has 1 aromatic heterocycles. The number of carbonyl (C=O) groups is 1. The molecule has 0 aromatic carbocycles. The Bertz CT molecular complexity index is 595. The standard InChI is InChI=1S/C19H29N5O.HI/c1-20-19(22-13-18(25)23-17-7-4-10-21-12-17)24-16-9-8-14-5-2-3-6-15(14)11-16;/h4,7,10,12,14-16H,2-3,5-6,8-9,11,13H2,1H3,(H,23,25)(H2,20,22,24);1H. The van der Waals surface area contributed by atoms with Gasteiger partial charge in [-0.2, -0.15) is 0 Å². The lowest BCUT2D eigenvalue weighted by molar-refractivity contribution is -0.115. The number of guanidine groups is 1. The molecule has 6 nitrogen and oxygen atoms in total. The maximum atomic E-state index is 12.0. The summed E-state index contributed by atoms with van der Waals surface area (Å²) in [6.07, 6.45) is 12.7. The maximum absolute atomic E-state index is 12.0. The molecule has 3 rings (SSSR count). The fourth-order valence-corrected chi connectivity index (χ4v) is 4.20. The minimum atomic E-state index is -0.105. The van der Waals surface area contributed by atoms with E-state index < -0.39 is 0 Å². The molecule has 144 valence electrons. The maximum Gasteiger partial charge on any atom is 0.243 e. The molecule has 0 bridgehead atoms. The molecule has 3 atom stereocenters. The number of rotatable bonds is 4. The van der Waals surface area contributed by atoms with Crippen LogP contribution in [0.2, 0.25) is 0 Å². The van der Waals surface area contributed by atoms with Crippen molar-refractivity contribution >= 4 is 41.5 Å². The van der Waals surface area contributed by atoms with Crippen LogP contribution in [0.25, 0.3) is 0 Å². The third-order valence-corrected chi connectivity index (χ3v) is 5.47. The van der Waals surface area contributed by atoms with Gasteiger partial charge in [-0.1, -0.05) is 25.7 Å². The van der Waals surface area contributed by atoms with Crippen LogP contribution in [0.3, 0.4) is 0 Å². The van der Waals surface area contributed by atoms with E-state index in [1.807, 2.05) is 6.07 Å². The van der Waals surface area contributed by atoms with Crippen LogP contribution in [0.5, 0.6) is 0 Å². The van der Waals surface area contributed by atoms with Gasteiger partial charge >= 0.3 is 0 Å². The van der Waals surface area contributed by atoms with Gasteiger partial charge in [-0.3, -0.25) is 14.8 Å². The number of halogens is 1. The SMILES string of the molecule is CN=C(NCC(=O)Nc1cccnc1)NC1CCC2CCCCC2C1.I. The average molecular weight is 471 g/mol. The van der Waals surface area contributed by atoms with Crippen molar-refractivity contribution in [2.75, 3.05) is 18.9 Å². The van der Waals surface area contributed by atoms with E-state index in [0.717, 1.165) is 11.8 Å². The summed E-state index contributed by atoms with van der Waals surface area (Å²) in [5.74, 6) is 2.41. The molecule has 0 saturated heterocycles. The van der Waals surface area contributed by atoms with Crippen LogP contribution in [0.15, 0.2) is 29.5 Å². The molecule has 0 spiro atoms. The zero-order valence-corrected chi connectivity index (χ0v) is 17.7. The van der Waals surface area contributed by atoms with E-state index in [4.69, 9.17) is 0 Å². The molecule has 1 amide bonds. The number of hydrogen-bond acceptors (Lipinski definition) is 3. The summed E-state index contributed by atoms with van der Waals surface area (Å²) in [7, 11) is 1.75. The highest BCUT2D eigenvalue weighted by Gasteiger charge is 2.32. The number of aromatic nitrogens is 1. The third-order valence-electron chi connectivity index (χ3n) is 5.47. The quantitative estimate of drug-likeness (QED) is 0.358. The molecule has 2 aliphatic rings. The number of anilines is 1. The summed E-state index contributed by atoms with van der Waals surface area (Å²) < 4.78 is 0. The number of amides is 1. The van der Waals surface area contributed by atoms with Crippen LogP contribution in [0.1, 0.15) is 44.9 Å². The summed E-state index contributed by atoms with van der Waals surface area (Å²) >= 11 is 0. The fourth-order valence-electron chi connectivity index (χ4n) is 4.20. The summed E-state index contributed by atoms with van der Waals surface area (Å²) in [5.41, 5.74) is 0.702. The van der Waals surface area contributed by atoms with Crippen LogP contribution >= 0.6 is 24.0 Å². The van der Waals surface area contributed by atoms with Crippen molar-refractivity contribution < 1.29 is 4.79 Å². The van der Waals surface area contributed by atoms with Gasteiger partial charge < -0.3 is 16.0 Å². The Morgan fingerprint density at radius 2 is 2.04 bits per heavy atom. The molecule has 1 heterocycles. The van der Waals surface area contributed by atoms with Crippen LogP contribution in [0.4, 0.5) is 5.69 Å². The molecule has 1 aromatic rings. The van der Waals surface area contributed by atoms with E-state index in [1.165, 1.54) is 44.9 Å². The molecule has 7 heteroatoms. The van der Waals surface area contributed by atoms with Crippen molar-refractivity contribution in [3.8, 4) is 0 Å². The predicted molar refractivity (Wildman–Crippen MR) is 116 cm³/mol. The van der Waals surface area contributed by atoms with Crippen LogP contribution in [0, 0.1) is 11.8 Å². The van der Waals surface area contributed by atoms with Gasteiger partial charge in [0.15, 0.2) is 5.96 Å². The van der Waals surface area contributed by atoms with Gasteiger partial charge in [-0.25, -0.2) is 0 Å². The number of carbonyl (C=O) groups excluding carboxylic acids is 1. The second kappa shape index (κ2) is 10.7. The summed E-state index contributed by atoms with van der Waals surface area (Å²) in [4.78, 5) is 20.3. The Kier molecular flexibility index (Phi) is 8.61. The first-order valence-corrected chi connectivity index (χ1v) is 9.41. The van der Waals surface area contributed by atoms with E-state index >= 15 is 0 Å². The number of pyridine rings is 1. The molecule has 3 unspecified atom stereocenters. The highest BCUT2D eigenvalue weighted by molar-refractivity contribution is 14.0. The average Bonchev–Trinajstić information content (AvgIpc) is 2.65. The highest BCUT2D eigenvalue weighted by Crippen LogP contribution is 2.40. The van der Waals surface area contributed by atoms with Gasteiger partial charge in [-0.15, -0.1) is 24.0 Å². The molecule has 0 aliphatic heterocycles. The number of hydrogen-bond donors (Lipinski definition) is 3. The Hall–Kier alpha value is -1.38. The minimum absolute atomic E-state index is 0. The van der Waals surface area contributed by atoms with Gasteiger partial charge in [0, 0.05) is 19.3 Å². The Balaban J connectivity index is 0.00000243. The first kappa shape index (κ1) is 20.9. The normalized spacial score (nSPS) is 25.4. The largest absolute Gasteiger partial charge is 0.354 e. The summed E-state index contributed by atoms with van der Waals surface area (Å²) in [6.45, 7) is 0.188. The topological polar surface area (TPSA) is 78.4 Å². The minimum Gasteiger partial charge on any atom is -0.354 e. The molecule has 0 radical (unpaired) electrons. The van der Waals surface area contributed by atoms with E-state index in [1.54, 1.807) is 25.5 Å². The number of nitrogens with zero attached hydrogens (tertiary/aromatic N) is 2. The fraction of sp³-hybridized carbons (Fsp3) is 0.632. The lowest BCUT2D eigenvalue weighted by atomic mass is 9.69. The summed E-state index contributed by atoms with van der Waals surface area (Å²) in [6, 6.07) is 4.08. The molecular formula is C19H30IN5O. The lowest BCUT2D eigenvalue weighted by Crippen LogP contribution is -2.48. The number of nitrogens with one attached hydrogen (secondary N) is 3. The molecule has 26 heavy (non-hydrogen) atoms. The van der Waals surface area contributed by atoms with E-state index in [2.05, 4.69) is 25.9 Å². The van der Waals surface area contributed by atoms with Crippen molar-refractivity contribution in [3.63, 3.8) is 0 Å². The molecule has 3 N–H and O–H groups in total. The smallest absolute Gasteiger partial charge is 0.243 e. The molecule has 2 aliphatic carbocycles. The summed E-state index contributed by atoms with van der Waals surface area (Å²) in [5, 5.41) is 9.44. The zero-order chi connectivity index (χ0) is 17.5. The lowest BCUT2D eigenvalue weighted by Gasteiger charge is -2.39. The highest BCUT2D eigenvalue weighted by atomic mass is 127. The van der Waals surface area contributed by atoms with Gasteiger partial charge in [0.25, 0.3) is 0 Å². The monoisotopic (exact) mass is 471 g/mol. The van der Waals surface area contributed by atoms with Gasteiger partial charge in [0.2, 0.25) is 5.91 Å². The first-order chi connectivity index (χ1) is 12.2. The molecular weight excluding hydrogens is 441 g/mol. The Labute approximate surface area is 173 Å². The molecule has 2 fully saturated rings. The van der Waals surface area contributed by atoms with Crippen molar-refractivity contribution in [2.24, 2.45) is 16.8 Å². The van der Waals surface area contributed by atoms with Crippen LogP contribution < -0.4 is 16.0 Å². The number of fused-ring (bicyclic) bond motifs is 1. The van der Waals surface area contributed by atoms with E-state index in [0.29, 0.717) is 17.7 Å². The second-order valence-corrected chi connectivity index (χ2v) is 7.17. The Morgan fingerprint density at radius 1 is 1.23 bits per heavy atom. The van der Waals surface area contributed by atoms with E-state index in [-0.39, 0.29) is 36.4 Å². The van der Waals surface area contributed by atoms with Crippen molar-refractivity contribution in [1.29, 1.82) is 0 Å². The van der Waals surface area contributed by atoms with Crippen molar-refractivity contribution in [1.82, 2.24) is 15.6 Å². The Morgan fingerprint density at radius 3 is 2.77 bits per heavy atom. The van der Waals surface area contributed by atoms with Gasteiger partial charge in [-0.05, 0) is 43.2 Å². The predicted octanol–water partition coefficient (Wildman–Crippen LogP) is 3.16. The second-order valence-electron chi connectivity index (χ2n) is 7.17. The van der Waals surface area contributed by atoms with Gasteiger partial charge in [0.1, 0.15) is 0 Å². The van der Waals surface area contributed by atoms with Crippen LogP contribution in [-0.4, -0.2) is 36.5 Å². The van der Waals surface area contributed by atoms with E-state index in [9.17, 15) is 4.79 Å². The molecule has 2 saturated carbocycles. The first-order valence-electron chi connectivity index (χ1n) is 9.41. The van der Waals surface area contributed by atoms with Crippen molar-refractivity contribution in [2.45, 2.75) is 51.0 Å². The number of aliphatic imine (C=N–C) groups is 1.